The molecule has 0 spiro atoms. The fraction of sp³-hybridized carbons (Fsp3) is 0.296. The van der Waals surface area contributed by atoms with Crippen LogP contribution < -0.4 is 10.2 Å². The molecule has 1 aliphatic heterocycles. The minimum Gasteiger partial charge on any atom is -0.386 e. The number of aliphatic hydroxyl groups is 1. The van der Waals surface area contributed by atoms with Crippen molar-refractivity contribution in [1.29, 1.82) is 0 Å². The summed E-state index contributed by atoms with van der Waals surface area (Å²) in [5.41, 5.74) is 5.15. The van der Waals surface area contributed by atoms with Crippen LogP contribution in [0.25, 0.3) is 16.6 Å². The van der Waals surface area contributed by atoms with Gasteiger partial charge in [-0.2, -0.15) is 5.10 Å². The number of fused-ring (bicyclic) bond motifs is 1. The summed E-state index contributed by atoms with van der Waals surface area (Å²) in [4.78, 5) is 19.2. The molecule has 2 N–H and O–H groups in total. The largest absolute Gasteiger partial charge is 0.386 e. The molecule has 0 aliphatic carbocycles. The molecule has 1 amide bonds. The van der Waals surface area contributed by atoms with Crippen LogP contribution in [0.15, 0.2) is 67.1 Å². The van der Waals surface area contributed by atoms with E-state index in [1.807, 2.05) is 47.1 Å². The van der Waals surface area contributed by atoms with E-state index < -0.39 is 5.60 Å². The van der Waals surface area contributed by atoms with E-state index in [0.717, 1.165) is 33.6 Å². The third kappa shape index (κ3) is 4.39. The molecule has 7 heteroatoms. The van der Waals surface area contributed by atoms with Crippen LogP contribution in [0.2, 0.25) is 0 Å². The number of anilines is 1. The molecule has 5 rings (SSSR count). The van der Waals surface area contributed by atoms with Gasteiger partial charge >= 0.3 is 0 Å². The summed E-state index contributed by atoms with van der Waals surface area (Å²) in [7, 11) is 0. The number of carbonyl (C=O) groups excluding carboxylic acids is 1. The predicted octanol–water partition coefficient (Wildman–Crippen LogP) is 3.68. The van der Waals surface area contributed by atoms with Gasteiger partial charge in [0.25, 0.3) is 0 Å². The molecule has 7 nitrogen and oxygen atoms in total. The maximum Gasteiger partial charge on any atom is 0.226 e. The van der Waals surface area contributed by atoms with Crippen LogP contribution in [0.5, 0.6) is 0 Å². The van der Waals surface area contributed by atoms with Crippen molar-refractivity contribution in [2.75, 3.05) is 18.0 Å². The van der Waals surface area contributed by atoms with Crippen molar-refractivity contribution in [2.24, 2.45) is 5.92 Å². The minimum atomic E-state index is -0.910. The van der Waals surface area contributed by atoms with Gasteiger partial charge < -0.3 is 15.3 Å². The second kappa shape index (κ2) is 8.57. The van der Waals surface area contributed by atoms with Crippen molar-refractivity contribution < 1.29 is 9.90 Å². The van der Waals surface area contributed by atoms with Gasteiger partial charge in [0.15, 0.2) is 5.82 Å². The summed E-state index contributed by atoms with van der Waals surface area (Å²) >= 11 is 0. The first kappa shape index (κ1) is 22.1. The van der Waals surface area contributed by atoms with E-state index in [1.165, 1.54) is 5.56 Å². The summed E-state index contributed by atoms with van der Waals surface area (Å²) in [6.07, 6.45) is 3.51. The monoisotopic (exact) mass is 455 g/mol. The van der Waals surface area contributed by atoms with Crippen molar-refractivity contribution in [3.8, 4) is 11.1 Å². The molecule has 0 radical (unpaired) electrons. The first-order chi connectivity index (χ1) is 16.3. The Bertz CT molecular complexity index is 1330. The highest BCUT2D eigenvalue weighted by atomic mass is 16.3. The Kier molecular flexibility index (Phi) is 5.57. The molecule has 0 unspecified atom stereocenters. The highest BCUT2D eigenvalue weighted by Gasteiger charge is 2.34. The second-order valence-electron chi connectivity index (χ2n) is 9.59. The smallest absolute Gasteiger partial charge is 0.226 e. The van der Waals surface area contributed by atoms with Crippen molar-refractivity contribution in [3.63, 3.8) is 0 Å². The van der Waals surface area contributed by atoms with Crippen LogP contribution in [0.3, 0.4) is 0 Å². The highest BCUT2D eigenvalue weighted by molar-refractivity contribution is 5.84. The molecule has 2 aromatic carbocycles. The Morgan fingerprint density at radius 3 is 2.62 bits per heavy atom. The summed E-state index contributed by atoms with van der Waals surface area (Å²) in [6.45, 7) is 7.41. The normalized spacial score (nSPS) is 14.3. The van der Waals surface area contributed by atoms with Crippen molar-refractivity contribution in [2.45, 2.75) is 32.9 Å². The summed E-state index contributed by atoms with van der Waals surface area (Å²) in [6, 6.07) is 18.2. The first-order valence-corrected chi connectivity index (χ1v) is 11.5. The van der Waals surface area contributed by atoms with E-state index >= 15 is 0 Å². The van der Waals surface area contributed by atoms with Crippen LogP contribution in [-0.4, -0.2) is 38.7 Å². The van der Waals surface area contributed by atoms with Crippen LogP contribution in [0.4, 0.5) is 5.82 Å². The molecule has 2 aromatic heterocycles. The predicted molar refractivity (Wildman–Crippen MR) is 132 cm³/mol. The number of nitrogens with zero attached hydrogens (tertiary/aromatic N) is 4. The van der Waals surface area contributed by atoms with Crippen LogP contribution in [0, 0.1) is 12.8 Å². The topological polar surface area (TPSA) is 82.8 Å². The Balaban J connectivity index is 1.29. The molecule has 0 atom stereocenters. The number of aryl methyl sites for hydroxylation is 1. The molecule has 34 heavy (non-hydrogen) atoms. The number of amides is 1. The third-order valence-electron chi connectivity index (χ3n) is 6.43. The van der Waals surface area contributed by atoms with Gasteiger partial charge in [-0.1, -0.05) is 48.0 Å². The molecule has 1 aliphatic rings. The zero-order valence-electron chi connectivity index (χ0n) is 19.7. The van der Waals surface area contributed by atoms with E-state index in [1.54, 1.807) is 20.2 Å². The minimum absolute atomic E-state index is 0.0571. The molecule has 4 aromatic rings. The van der Waals surface area contributed by atoms with E-state index in [0.29, 0.717) is 19.6 Å². The number of benzene rings is 2. The van der Waals surface area contributed by atoms with Crippen LogP contribution >= 0.6 is 0 Å². The number of aromatic nitrogens is 3. The van der Waals surface area contributed by atoms with E-state index in [2.05, 4.69) is 45.4 Å². The fourth-order valence-corrected chi connectivity index (χ4v) is 4.25. The molecule has 0 bridgehead atoms. The van der Waals surface area contributed by atoms with E-state index in [9.17, 15) is 9.90 Å². The summed E-state index contributed by atoms with van der Waals surface area (Å²) in [5, 5.41) is 17.8. The molecule has 1 saturated heterocycles. The molecular weight excluding hydrogens is 426 g/mol. The average molecular weight is 456 g/mol. The molecule has 174 valence electrons. The number of hydrogen-bond donors (Lipinski definition) is 2. The van der Waals surface area contributed by atoms with Gasteiger partial charge in [0.1, 0.15) is 11.8 Å². The van der Waals surface area contributed by atoms with Crippen molar-refractivity contribution in [1.82, 2.24) is 19.9 Å². The number of nitrogens with one attached hydrogen (secondary N) is 1. The van der Waals surface area contributed by atoms with Crippen molar-refractivity contribution in [3.05, 3.63) is 83.8 Å². The molecule has 3 heterocycles. The summed E-state index contributed by atoms with van der Waals surface area (Å²) < 4.78 is 1.82. The van der Waals surface area contributed by atoms with E-state index in [4.69, 9.17) is 0 Å². The molecular formula is C27H29N5O2. The zero-order valence-corrected chi connectivity index (χ0v) is 19.7. The Morgan fingerprint density at radius 2 is 1.88 bits per heavy atom. The zero-order chi connectivity index (χ0) is 23.9. The fourth-order valence-electron chi connectivity index (χ4n) is 4.25. The Morgan fingerprint density at radius 1 is 1.12 bits per heavy atom. The SMILES string of the molecule is Cc1ccc(CNC(=O)C2CN(c3ncnn4cc(-c5cccc(C(C)(C)O)c5)cc34)C2)cc1. The summed E-state index contributed by atoms with van der Waals surface area (Å²) in [5.74, 6) is 0.835. The first-order valence-electron chi connectivity index (χ1n) is 11.5. The lowest BCUT2D eigenvalue weighted by molar-refractivity contribution is -0.125. The third-order valence-corrected chi connectivity index (χ3v) is 6.43. The highest BCUT2D eigenvalue weighted by Crippen LogP contribution is 2.32. The van der Waals surface area contributed by atoms with E-state index in [-0.39, 0.29) is 11.8 Å². The lowest BCUT2D eigenvalue weighted by Gasteiger charge is -2.39. The van der Waals surface area contributed by atoms with Crippen LogP contribution in [0.1, 0.15) is 30.5 Å². The van der Waals surface area contributed by atoms with Crippen molar-refractivity contribution >= 4 is 17.2 Å². The van der Waals surface area contributed by atoms with Gasteiger partial charge in [0, 0.05) is 31.4 Å². The molecule has 0 saturated carbocycles. The Labute approximate surface area is 199 Å². The number of rotatable bonds is 6. The quantitative estimate of drug-likeness (QED) is 0.463. The maximum absolute atomic E-state index is 12.6. The standard InChI is InChI=1S/C27H29N5O2/c1-18-7-9-19(10-8-18)13-28-26(33)22-14-31(15-22)25-24-12-21(16-32(24)30-17-29-25)20-5-4-6-23(11-20)27(2,3)34/h4-12,16-17,22,34H,13-15H2,1-3H3,(H,28,33). The van der Waals surface area contributed by atoms with Gasteiger partial charge in [-0.05, 0) is 49.6 Å². The van der Waals surface area contributed by atoms with Gasteiger partial charge in [0.2, 0.25) is 5.91 Å². The lowest BCUT2D eigenvalue weighted by atomic mass is 9.95. The van der Waals surface area contributed by atoms with Gasteiger partial charge in [-0.25, -0.2) is 9.50 Å². The van der Waals surface area contributed by atoms with Crippen LogP contribution in [-0.2, 0) is 16.9 Å². The van der Waals surface area contributed by atoms with Gasteiger partial charge in [-0.3, -0.25) is 4.79 Å². The number of hydrogen-bond acceptors (Lipinski definition) is 5. The van der Waals surface area contributed by atoms with Gasteiger partial charge in [0.05, 0.1) is 11.5 Å². The molecule has 1 fully saturated rings. The maximum atomic E-state index is 12.6. The van der Waals surface area contributed by atoms with Gasteiger partial charge in [-0.15, -0.1) is 0 Å². The lowest BCUT2D eigenvalue weighted by Crippen LogP contribution is -2.54. The average Bonchev–Trinajstić information content (AvgIpc) is 3.22. The number of carbonyl (C=O) groups is 1. The Hall–Kier alpha value is -3.71. The second-order valence-corrected chi connectivity index (χ2v) is 9.59.